The number of carbonyl (C=O) groups excluding carboxylic acids is 2. The maximum absolute atomic E-state index is 12.2. The lowest BCUT2D eigenvalue weighted by Crippen LogP contribution is -2.40. The highest BCUT2D eigenvalue weighted by molar-refractivity contribution is 5.94. The Morgan fingerprint density at radius 3 is 2.16 bits per heavy atom. The normalized spacial score (nSPS) is 10.7. The van der Waals surface area contributed by atoms with Crippen LogP contribution in [0.3, 0.4) is 0 Å². The van der Waals surface area contributed by atoms with Gasteiger partial charge in [0.05, 0.1) is 27.9 Å². The second-order valence-corrected chi connectivity index (χ2v) is 5.70. The second-order valence-electron chi connectivity index (χ2n) is 5.70. The van der Waals surface area contributed by atoms with Crippen molar-refractivity contribution in [2.45, 2.75) is 19.9 Å². The van der Waals surface area contributed by atoms with Gasteiger partial charge in [-0.25, -0.2) is 0 Å². The van der Waals surface area contributed by atoms with E-state index in [0.717, 1.165) is 0 Å². The third kappa shape index (κ3) is 6.02. The van der Waals surface area contributed by atoms with Crippen molar-refractivity contribution in [1.29, 1.82) is 0 Å². The summed E-state index contributed by atoms with van der Waals surface area (Å²) in [6, 6.07) is 3.43. The Hall–Kier alpha value is -2.70. The molecule has 0 bridgehead atoms. The van der Waals surface area contributed by atoms with E-state index in [0.29, 0.717) is 22.8 Å². The lowest BCUT2D eigenvalue weighted by Gasteiger charge is -2.16. The standard InChI is InChI=1S/C18H26N2O5/c1-12(2)19-17(21)11-20(3)18(22)8-7-13-9-15(24-5)16(25-6)10-14(13)23-4/h7-10,12H,11H2,1-6H3,(H,19,21)/b8-7+. The zero-order valence-electron chi connectivity index (χ0n) is 15.6. The molecular formula is C18H26N2O5. The number of likely N-dealkylation sites (N-methyl/N-ethyl adjacent to an activating group) is 1. The van der Waals surface area contributed by atoms with Crippen molar-refractivity contribution in [2.24, 2.45) is 0 Å². The number of nitrogens with one attached hydrogen (secondary N) is 1. The minimum Gasteiger partial charge on any atom is -0.496 e. The third-order valence-corrected chi connectivity index (χ3v) is 3.35. The van der Waals surface area contributed by atoms with Gasteiger partial charge in [-0.3, -0.25) is 9.59 Å². The summed E-state index contributed by atoms with van der Waals surface area (Å²) in [5, 5.41) is 2.74. The highest BCUT2D eigenvalue weighted by Crippen LogP contribution is 2.35. The van der Waals surface area contributed by atoms with Crippen LogP contribution in [0.5, 0.6) is 17.2 Å². The van der Waals surface area contributed by atoms with Gasteiger partial charge in [0, 0.05) is 30.8 Å². The number of methoxy groups -OCH3 is 3. The average molecular weight is 350 g/mol. The quantitative estimate of drug-likeness (QED) is 0.722. The van der Waals surface area contributed by atoms with Crippen molar-refractivity contribution in [3.05, 3.63) is 23.8 Å². The summed E-state index contributed by atoms with van der Waals surface area (Å²) in [6.07, 6.45) is 2.99. The molecular weight excluding hydrogens is 324 g/mol. The van der Waals surface area contributed by atoms with E-state index in [9.17, 15) is 9.59 Å². The maximum atomic E-state index is 12.2. The van der Waals surface area contributed by atoms with E-state index in [-0.39, 0.29) is 24.4 Å². The summed E-state index contributed by atoms with van der Waals surface area (Å²) in [5.74, 6) is 1.10. The van der Waals surface area contributed by atoms with Crippen molar-refractivity contribution >= 4 is 17.9 Å². The zero-order valence-corrected chi connectivity index (χ0v) is 15.6. The number of hydrogen-bond donors (Lipinski definition) is 1. The molecule has 0 atom stereocenters. The first kappa shape index (κ1) is 20.3. The van der Waals surface area contributed by atoms with Crippen molar-refractivity contribution in [2.75, 3.05) is 34.9 Å². The molecule has 0 spiro atoms. The molecule has 0 radical (unpaired) electrons. The molecule has 0 aliphatic rings. The fourth-order valence-corrected chi connectivity index (χ4v) is 2.13. The van der Waals surface area contributed by atoms with Crippen LogP contribution in [0.25, 0.3) is 6.08 Å². The van der Waals surface area contributed by atoms with Gasteiger partial charge >= 0.3 is 0 Å². The Balaban J connectivity index is 2.89. The third-order valence-electron chi connectivity index (χ3n) is 3.35. The topological polar surface area (TPSA) is 77.1 Å². The smallest absolute Gasteiger partial charge is 0.246 e. The molecule has 0 aliphatic carbocycles. The molecule has 0 aliphatic heterocycles. The predicted molar refractivity (Wildman–Crippen MR) is 96.0 cm³/mol. The molecule has 0 saturated carbocycles. The highest BCUT2D eigenvalue weighted by Gasteiger charge is 2.13. The van der Waals surface area contributed by atoms with Gasteiger partial charge in [0.2, 0.25) is 11.8 Å². The SMILES string of the molecule is COc1cc(OC)c(OC)cc1/C=C/C(=O)N(C)CC(=O)NC(C)C. The van der Waals surface area contributed by atoms with Crippen LogP contribution in [-0.2, 0) is 9.59 Å². The summed E-state index contributed by atoms with van der Waals surface area (Å²) in [7, 11) is 6.17. The first-order valence-corrected chi connectivity index (χ1v) is 7.84. The summed E-state index contributed by atoms with van der Waals surface area (Å²) in [4.78, 5) is 25.2. The van der Waals surface area contributed by atoms with Gasteiger partial charge in [0.1, 0.15) is 5.75 Å². The fraction of sp³-hybridized carbons (Fsp3) is 0.444. The number of amides is 2. The second kappa shape index (κ2) is 9.56. The van der Waals surface area contributed by atoms with Gasteiger partial charge < -0.3 is 24.4 Å². The monoisotopic (exact) mass is 350 g/mol. The summed E-state index contributed by atoms with van der Waals surface area (Å²) < 4.78 is 15.8. The molecule has 7 nitrogen and oxygen atoms in total. The van der Waals surface area contributed by atoms with Gasteiger partial charge in [-0.15, -0.1) is 0 Å². The van der Waals surface area contributed by atoms with Crippen molar-refractivity contribution < 1.29 is 23.8 Å². The van der Waals surface area contributed by atoms with Crippen LogP contribution in [0.4, 0.5) is 0 Å². The molecule has 138 valence electrons. The first-order valence-electron chi connectivity index (χ1n) is 7.84. The predicted octanol–water partition coefficient (Wildman–Crippen LogP) is 1.71. The van der Waals surface area contributed by atoms with Crippen LogP contribution >= 0.6 is 0 Å². The molecule has 0 saturated heterocycles. The van der Waals surface area contributed by atoms with E-state index in [1.165, 1.54) is 32.3 Å². The number of benzene rings is 1. The Morgan fingerprint density at radius 1 is 1.08 bits per heavy atom. The van der Waals surface area contributed by atoms with E-state index in [4.69, 9.17) is 14.2 Å². The van der Waals surface area contributed by atoms with Crippen LogP contribution in [0, 0.1) is 0 Å². The Kier molecular flexibility index (Phi) is 7.78. The van der Waals surface area contributed by atoms with Gasteiger partial charge in [0.15, 0.2) is 11.5 Å². The Bertz CT molecular complexity index is 641. The number of nitrogens with zero attached hydrogens (tertiary/aromatic N) is 1. The minimum atomic E-state index is -0.296. The van der Waals surface area contributed by atoms with Crippen LogP contribution in [0.2, 0.25) is 0 Å². The van der Waals surface area contributed by atoms with Crippen LogP contribution in [-0.4, -0.2) is 57.7 Å². The lowest BCUT2D eigenvalue weighted by molar-refractivity contribution is -0.131. The zero-order chi connectivity index (χ0) is 19.0. The van der Waals surface area contributed by atoms with E-state index in [1.807, 2.05) is 13.8 Å². The Morgan fingerprint density at radius 2 is 1.64 bits per heavy atom. The number of carbonyl (C=O) groups is 2. The van der Waals surface area contributed by atoms with Crippen LogP contribution in [0.15, 0.2) is 18.2 Å². The van der Waals surface area contributed by atoms with Crippen LogP contribution in [0.1, 0.15) is 19.4 Å². The van der Waals surface area contributed by atoms with E-state index in [1.54, 1.807) is 25.3 Å². The summed E-state index contributed by atoms with van der Waals surface area (Å²) in [5.41, 5.74) is 0.661. The van der Waals surface area contributed by atoms with Crippen molar-refractivity contribution in [1.82, 2.24) is 10.2 Å². The fourth-order valence-electron chi connectivity index (χ4n) is 2.13. The van der Waals surface area contributed by atoms with Gasteiger partial charge in [-0.05, 0) is 26.0 Å². The van der Waals surface area contributed by atoms with Crippen molar-refractivity contribution in [3.8, 4) is 17.2 Å². The van der Waals surface area contributed by atoms with Gasteiger partial charge in [0.25, 0.3) is 0 Å². The summed E-state index contributed by atoms with van der Waals surface area (Å²) >= 11 is 0. The molecule has 2 amide bonds. The highest BCUT2D eigenvalue weighted by atomic mass is 16.5. The van der Waals surface area contributed by atoms with Crippen LogP contribution < -0.4 is 19.5 Å². The number of rotatable bonds is 8. The molecule has 0 heterocycles. The van der Waals surface area contributed by atoms with E-state index >= 15 is 0 Å². The Labute approximate surface area is 148 Å². The number of ether oxygens (including phenoxy) is 3. The van der Waals surface area contributed by atoms with E-state index in [2.05, 4.69) is 5.32 Å². The molecule has 1 N–H and O–H groups in total. The first-order chi connectivity index (χ1) is 11.8. The molecule has 1 aromatic carbocycles. The van der Waals surface area contributed by atoms with Gasteiger partial charge in [-0.1, -0.05) is 0 Å². The molecule has 0 unspecified atom stereocenters. The molecule has 25 heavy (non-hydrogen) atoms. The summed E-state index contributed by atoms with van der Waals surface area (Å²) in [6.45, 7) is 3.72. The lowest BCUT2D eigenvalue weighted by atomic mass is 10.1. The molecule has 1 rings (SSSR count). The molecule has 0 aromatic heterocycles. The average Bonchev–Trinajstić information content (AvgIpc) is 2.57. The van der Waals surface area contributed by atoms with Crippen molar-refractivity contribution in [3.63, 3.8) is 0 Å². The van der Waals surface area contributed by atoms with E-state index < -0.39 is 0 Å². The minimum absolute atomic E-state index is 0.00950. The van der Waals surface area contributed by atoms with Gasteiger partial charge in [-0.2, -0.15) is 0 Å². The molecule has 1 aromatic rings. The molecule has 0 fully saturated rings. The number of hydrogen-bond acceptors (Lipinski definition) is 5. The maximum Gasteiger partial charge on any atom is 0.246 e. The molecule has 7 heteroatoms. The largest absolute Gasteiger partial charge is 0.496 e.